The second-order valence-electron chi connectivity index (χ2n) is 5.40. The Balaban J connectivity index is 1.93. The molecule has 0 heterocycles. The first kappa shape index (κ1) is 16.2. The average molecular weight is 332 g/mol. The molecule has 0 radical (unpaired) electrons. The van der Waals surface area contributed by atoms with Gasteiger partial charge in [0.05, 0.1) is 0 Å². The fourth-order valence-electron chi connectivity index (χ4n) is 2.43. The highest BCUT2D eigenvalue weighted by molar-refractivity contribution is 8.14. The zero-order valence-corrected chi connectivity index (χ0v) is 14.0. The predicted octanol–water partition coefficient (Wildman–Crippen LogP) is 5.16. The molecule has 0 atom stereocenters. The van der Waals surface area contributed by atoms with Gasteiger partial charge in [0.15, 0.2) is 5.78 Å². The van der Waals surface area contributed by atoms with Crippen LogP contribution >= 0.6 is 11.8 Å². The number of hydrogen-bond donors (Lipinski definition) is 0. The quantitative estimate of drug-likeness (QED) is 0.489. The molecule has 0 spiro atoms. The smallest absolute Gasteiger partial charge is 0.224 e. The molecule has 2 nitrogen and oxygen atoms in total. The minimum Gasteiger partial charge on any atom is -0.289 e. The van der Waals surface area contributed by atoms with Gasteiger partial charge in [0, 0.05) is 21.6 Å². The Morgan fingerprint density at radius 3 is 2.00 bits per heavy atom. The van der Waals surface area contributed by atoms with Crippen molar-refractivity contribution in [1.82, 2.24) is 0 Å². The summed E-state index contributed by atoms with van der Waals surface area (Å²) in [7, 11) is 0. The summed E-state index contributed by atoms with van der Waals surface area (Å²) < 4.78 is 0. The van der Waals surface area contributed by atoms with E-state index in [1.807, 2.05) is 49.4 Å². The van der Waals surface area contributed by atoms with Crippen LogP contribution in [0.15, 0.2) is 83.8 Å². The van der Waals surface area contributed by atoms with Gasteiger partial charge in [-0.2, -0.15) is 0 Å². The zero-order chi connectivity index (χ0) is 16.9. The summed E-state index contributed by atoms with van der Waals surface area (Å²) in [4.78, 5) is 26.4. The third kappa shape index (κ3) is 3.47. The van der Waals surface area contributed by atoms with Crippen LogP contribution in [0.25, 0.3) is 0 Å². The molecular formula is C21H16O2S. The average Bonchev–Trinajstić information content (AvgIpc) is 2.63. The zero-order valence-electron chi connectivity index (χ0n) is 13.2. The van der Waals surface area contributed by atoms with E-state index in [-0.39, 0.29) is 10.9 Å². The van der Waals surface area contributed by atoms with Crippen LogP contribution in [0, 0.1) is 6.92 Å². The Morgan fingerprint density at radius 2 is 1.29 bits per heavy atom. The number of carbonyl (C=O) groups excluding carboxylic acids is 2. The molecule has 3 rings (SSSR count). The molecule has 0 bridgehead atoms. The number of benzene rings is 3. The number of rotatable bonds is 4. The summed E-state index contributed by atoms with van der Waals surface area (Å²) in [5.74, 6) is -0.134. The molecule has 0 saturated carbocycles. The van der Waals surface area contributed by atoms with Crippen LogP contribution in [0.5, 0.6) is 0 Å². The highest BCUT2D eigenvalue weighted by atomic mass is 32.2. The van der Waals surface area contributed by atoms with Crippen molar-refractivity contribution in [3.05, 3.63) is 101 Å². The summed E-state index contributed by atoms with van der Waals surface area (Å²) in [6.07, 6.45) is 0. The molecule has 24 heavy (non-hydrogen) atoms. The topological polar surface area (TPSA) is 34.1 Å². The van der Waals surface area contributed by atoms with Gasteiger partial charge in [-0.1, -0.05) is 66.7 Å². The van der Waals surface area contributed by atoms with Crippen LogP contribution in [0.3, 0.4) is 0 Å². The third-order valence-corrected chi connectivity index (χ3v) is 4.81. The fraction of sp³-hybridized carbons (Fsp3) is 0.0476. The minimum atomic E-state index is -0.134. The third-order valence-electron chi connectivity index (χ3n) is 3.72. The number of hydrogen-bond acceptors (Lipinski definition) is 3. The number of thioether (sulfide) groups is 1. The summed E-state index contributed by atoms with van der Waals surface area (Å²) in [6.45, 7) is 1.97. The maximum absolute atomic E-state index is 12.7. The van der Waals surface area contributed by atoms with E-state index >= 15 is 0 Å². The van der Waals surface area contributed by atoms with E-state index in [2.05, 4.69) is 0 Å². The molecular weight excluding hydrogens is 316 g/mol. The van der Waals surface area contributed by atoms with Gasteiger partial charge in [0.1, 0.15) is 0 Å². The minimum absolute atomic E-state index is 0.121. The first-order valence-electron chi connectivity index (χ1n) is 7.63. The Morgan fingerprint density at radius 1 is 0.708 bits per heavy atom. The number of carbonyl (C=O) groups is 2. The largest absolute Gasteiger partial charge is 0.289 e. The van der Waals surface area contributed by atoms with Crippen molar-refractivity contribution < 1.29 is 9.59 Å². The number of aryl methyl sites for hydroxylation is 1. The van der Waals surface area contributed by atoms with Crippen molar-refractivity contribution in [3.63, 3.8) is 0 Å². The highest BCUT2D eigenvalue weighted by Crippen LogP contribution is 2.28. The van der Waals surface area contributed by atoms with E-state index in [1.165, 1.54) is 0 Å². The molecule has 0 amide bonds. The van der Waals surface area contributed by atoms with Crippen molar-refractivity contribution in [2.75, 3.05) is 0 Å². The van der Waals surface area contributed by atoms with Crippen LogP contribution in [0.1, 0.15) is 31.8 Å². The van der Waals surface area contributed by atoms with Crippen molar-refractivity contribution >= 4 is 22.7 Å². The molecule has 0 unspecified atom stereocenters. The SMILES string of the molecule is Cc1ccccc1SC(=O)c1ccccc1C(=O)c1ccccc1. The van der Waals surface area contributed by atoms with Crippen LogP contribution in [-0.4, -0.2) is 10.9 Å². The Kier molecular flexibility index (Phi) is 4.92. The lowest BCUT2D eigenvalue weighted by molar-refractivity contribution is 0.102. The molecule has 3 heteroatoms. The Hall–Kier alpha value is -2.65. The van der Waals surface area contributed by atoms with Gasteiger partial charge in [-0.3, -0.25) is 9.59 Å². The summed E-state index contributed by atoms with van der Waals surface area (Å²) in [5, 5.41) is -0.121. The molecule has 0 aromatic heterocycles. The lowest BCUT2D eigenvalue weighted by atomic mass is 9.99. The molecule has 0 aliphatic carbocycles. The van der Waals surface area contributed by atoms with E-state index in [1.54, 1.807) is 36.4 Å². The molecule has 0 N–H and O–H groups in total. The van der Waals surface area contributed by atoms with Crippen molar-refractivity contribution in [2.24, 2.45) is 0 Å². The fourth-order valence-corrected chi connectivity index (χ4v) is 3.29. The lowest BCUT2D eigenvalue weighted by Gasteiger charge is -2.09. The van der Waals surface area contributed by atoms with E-state index in [0.717, 1.165) is 22.2 Å². The first-order chi connectivity index (χ1) is 11.7. The van der Waals surface area contributed by atoms with Gasteiger partial charge < -0.3 is 0 Å². The molecule has 3 aromatic carbocycles. The maximum Gasteiger partial charge on any atom is 0.224 e. The Labute approximate surface area is 145 Å². The van der Waals surface area contributed by atoms with Crippen LogP contribution in [0.4, 0.5) is 0 Å². The van der Waals surface area contributed by atoms with Gasteiger partial charge >= 0.3 is 0 Å². The maximum atomic E-state index is 12.7. The van der Waals surface area contributed by atoms with Gasteiger partial charge in [-0.15, -0.1) is 0 Å². The predicted molar refractivity (Wildman–Crippen MR) is 97.7 cm³/mol. The van der Waals surface area contributed by atoms with Crippen LogP contribution in [0.2, 0.25) is 0 Å². The second-order valence-corrected chi connectivity index (χ2v) is 6.41. The molecule has 0 saturated heterocycles. The van der Waals surface area contributed by atoms with Crippen LogP contribution in [-0.2, 0) is 0 Å². The number of ketones is 1. The first-order valence-corrected chi connectivity index (χ1v) is 8.45. The summed E-state index contributed by atoms with van der Waals surface area (Å²) >= 11 is 1.16. The van der Waals surface area contributed by atoms with Crippen LogP contribution < -0.4 is 0 Å². The van der Waals surface area contributed by atoms with E-state index in [4.69, 9.17) is 0 Å². The van der Waals surface area contributed by atoms with E-state index in [9.17, 15) is 9.59 Å². The van der Waals surface area contributed by atoms with Gasteiger partial charge in [0.25, 0.3) is 0 Å². The van der Waals surface area contributed by atoms with Crippen molar-refractivity contribution in [3.8, 4) is 0 Å². The summed E-state index contributed by atoms with van der Waals surface area (Å²) in [6, 6.07) is 23.7. The normalized spacial score (nSPS) is 10.4. The summed E-state index contributed by atoms with van der Waals surface area (Å²) in [5.41, 5.74) is 2.51. The Bertz CT molecular complexity index is 885. The van der Waals surface area contributed by atoms with Gasteiger partial charge in [-0.25, -0.2) is 0 Å². The van der Waals surface area contributed by atoms with Crippen molar-refractivity contribution in [1.29, 1.82) is 0 Å². The molecule has 0 aliphatic rings. The van der Waals surface area contributed by atoms with E-state index < -0.39 is 0 Å². The highest BCUT2D eigenvalue weighted by Gasteiger charge is 2.19. The standard InChI is InChI=1S/C21H16O2S/c1-15-9-5-8-14-19(15)24-21(23)18-13-7-6-12-17(18)20(22)16-10-3-2-4-11-16/h2-14H,1H3. The monoisotopic (exact) mass is 332 g/mol. The second kappa shape index (κ2) is 7.28. The molecule has 0 fully saturated rings. The molecule has 0 aliphatic heterocycles. The lowest BCUT2D eigenvalue weighted by Crippen LogP contribution is -2.08. The van der Waals surface area contributed by atoms with Gasteiger partial charge in [-0.05, 0) is 36.4 Å². The molecule has 118 valence electrons. The van der Waals surface area contributed by atoms with E-state index in [0.29, 0.717) is 16.7 Å². The molecule has 3 aromatic rings. The van der Waals surface area contributed by atoms with Gasteiger partial charge in [0.2, 0.25) is 5.12 Å². The van der Waals surface area contributed by atoms with Crippen molar-refractivity contribution in [2.45, 2.75) is 11.8 Å².